The molecule has 1 fully saturated rings. The van der Waals surface area contributed by atoms with E-state index in [1.807, 2.05) is 12.1 Å². The molecule has 2 aliphatic heterocycles. The predicted octanol–water partition coefficient (Wildman–Crippen LogP) is 7.25. The number of hydrogen-bond acceptors (Lipinski definition) is 5. The van der Waals surface area contributed by atoms with E-state index in [0.29, 0.717) is 18.5 Å². The van der Waals surface area contributed by atoms with Gasteiger partial charge in [0.05, 0.1) is 0 Å². The second kappa shape index (κ2) is 13.0. The summed E-state index contributed by atoms with van der Waals surface area (Å²) < 4.78 is 11.5. The number of phenols is 1. The largest absolute Gasteiger partial charge is 0.508 e. The number of nitrogens with one attached hydrogen (secondary N) is 1. The average molecular weight is 541 g/mol. The van der Waals surface area contributed by atoms with Crippen molar-refractivity contribution in [1.82, 2.24) is 4.90 Å². The average Bonchev–Trinajstić information content (AvgIpc) is 3.28. The van der Waals surface area contributed by atoms with Gasteiger partial charge < -0.3 is 24.8 Å². The molecule has 0 saturated carbocycles. The molecule has 6 rings (SSSR count). The van der Waals surface area contributed by atoms with Crippen molar-refractivity contribution in [3.63, 3.8) is 0 Å². The zero-order valence-corrected chi connectivity index (χ0v) is 23.8. The minimum absolute atomic E-state index is 0.291. The first-order valence-corrected chi connectivity index (χ1v) is 15.5. The maximum absolute atomic E-state index is 9.88. The maximum atomic E-state index is 9.88. The Kier molecular flexibility index (Phi) is 8.77. The molecular formula is C35H44N2O3. The van der Waals surface area contributed by atoms with E-state index in [-0.39, 0.29) is 0 Å². The van der Waals surface area contributed by atoms with Gasteiger partial charge in [0.15, 0.2) is 11.5 Å². The van der Waals surface area contributed by atoms with Crippen LogP contribution < -0.4 is 14.8 Å². The van der Waals surface area contributed by atoms with Crippen LogP contribution >= 0.6 is 0 Å². The highest BCUT2D eigenvalue weighted by Gasteiger charge is 2.26. The van der Waals surface area contributed by atoms with E-state index >= 15 is 0 Å². The molecule has 5 nitrogen and oxygen atoms in total. The molecule has 1 unspecified atom stereocenters. The molecule has 1 aliphatic carbocycles. The summed E-state index contributed by atoms with van der Waals surface area (Å²) in [7, 11) is 0. The van der Waals surface area contributed by atoms with Crippen molar-refractivity contribution >= 4 is 5.69 Å². The highest BCUT2D eigenvalue weighted by molar-refractivity contribution is 5.63. The second-order valence-corrected chi connectivity index (χ2v) is 11.9. The molecule has 0 radical (unpaired) electrons. The van der Waals surface area contributed by atoms with Crippen LogP contribution in [-0.2, 0) is 25.7 Å². The number of aromatic hydroxyl groups is 1. The highest BCUT2D eigenvalue weighted by atomic mass is 16.7. The molecule has 2 heterocycles. The van der Waals surface area contributed by atoms with E-state index in [1.54, 1.807) is 0 Å². The Balaban J connectivity index is 1.01. The van der Waals surface area contributed by atoms with Crippen molar-refractivity contribution in [2.75, 3.05) is 38.3 Å². The quantitative estimate of drug-likeness (QED) is 0.265. The Morgan fingerprint density at radius 1 is 0.800 bits per heavy atom. The van der Waals surface area contributed by atoms with Crippen molar-refractivity contribution in [1.29, 1.82) is 0 Å². The fraction of sp³-hybridized carbons (Fsp3) is 0.486. The van der Waals surface area contributed by atoms with Gasteiger partial charge in [0.25, 0.3) is 0 Å². The molecule has 40 heavy (non-hydrogen) atoms. The number of hydrogen-bond donors (Lipinski definition) is 2. The number of aryl methyl sites for hydroxylation is 3. The number of benzene rings is 3. The molecule has 5 heteroatoms. The van der Waals surface area contributed by atoms with Crippen molar-refractivity contribution in [3.05, 3.63) is 82.4 Å². The lowest BCUT2D eigenvalue weighted by Crippen LogP contribution is -2.26. The Bertz CT molecular complexity index is 1260. The zero-order valence-electron chi connectivity index (χ0n) is 23.8. The first kappa shape index (κ1) is 27.0. The molecule has 3 aliphatic rings. The molecule has 1 atom stereocenters. The first-order valence-electron chi connectivity index (χ1n) is 15.5. The van der Waals surface area contributed by atoms with Gasteiger partial charge in [-0.05, 0) is 129 Å². The molecule has 3 aromatic carbocycles. The Morgan fingerprint density at radius 2 is 1.52 bits per heavy atom. The molecule has 0 bridgehead atoms. The Hall–Kier alpha value is -3.18. The van der Waals surface area contributed by atoms with Gasteiger partial charge in [0.1, 0.15) is 5.75 Å². The van der Waals surface area contributed by atoms with Crippen molar-refractivity contribution < 1.29 is 14.6 Å². The van der Waals surface area contributed by atoms with Crippen LogP contribution in [0.3, 0.4) is 0 Å². The van der Waals surface area contributed by atoms with Crippen molar-refractivity contribution in [3.8, 4) is 17.2 Å². The van der Waals surface area contributed by atoms with E-state index in [2.05, 4.69) is 52.7 Å². The third-order valence-electron chi connectivity index (χ3n) is 9.02. The van der Waals surface area contributed by atoms with Gasteiger partial charge in [0, 0.05) is 18.3 Å². The molecule has 0 spiro atoms. The zero-order chi connectivity index (χ0) is 27.1. The van der Waals surface area contributed by atoms with E-state index in [0.717, 1.165) is 55.8 Å². The van der Waals surface area contributed by atoms with Crippen LogP contribution in [0.5, 0.6) is 17.2 Å². The van der Waals surface area contributed by atoms with Crippen LogP contribution in [0.25, 0.3) is 0 Å². The lowest BCUT2D eigenvalue weighted by molar-refractivity contribution is 0.174. The summed E-state index contributed by atoms with van der Waals surface area (Å²) in [6, 6.07) is 19.4. The summed E-state index contributed by atoms with van der Waals surface area (Å²) in [6.07, 6.45) is 13.2. The van der Waals surface area contributed by atoms with Gasteiger partial charge in [-0.1, -0.05) is 43.2 Å². The van der Waals surface area contributed by atoms with Crippen LogP contribution in [0.2, 0.25) is 0 Å². The summed E-state index contributed by atoms with van der Waals surface area (Å²) in [5.74, 6) is 2.46. The van der Waals surface area contributed by atoms with Crippen molar-refractivity contribution in [2.45, 2.75) is 76.5 Å². The molecule has 1 saturated heterocycles. The fourth-order valence-electron chi connectivity index (χ4n) is 6.71. The van der Waals surface area contributed by atoms with Gasteiger partial charge in [-0.25, -0.2) is 0 Å². The smallest absolute Gasteiger partial charge is 0.231 e. The summed E-state index contributed by atoms with van der Waals surface area (Å²) in [5.41, 5.74) is 7.96. The van der Waals surface area contributed by atoms with Crippen LogP contribution in [0, 0.1) is 0 Å². The number of phenolic OH excluding ortho intramolecular Hbond substituents is 1. The van der Waals surface area contributed by atoms with E-state index < -0.39 is 0 Å². The summed E-state index contributed by atoms with van der Waals surface area (Å²) in [6.45, 7) is 5.04. The molecule has 212 valence electrons. The minimum Gasteiger partial charge on any atom is -0.508 e. The van der Waals surface area contributed by atoms with E-state index in [9.17, 15) is 5.11 Å². The van der Waals surface area contributed by atoms with Crippen LogP contribution in [0.1, 0.15) is 78.7 Å². The predicted molar refractivity (Wildman–Crippen MR) is 162 cm³/mol. The minimum atomic E-state index is 0.291. The lowest BCUT2D eigenvalue weighted by Gasteiger charge is -2.27. The summed E-state index contributed by atoms with van der Waals surface area (Å²) in [4.78, 5) is 2.67. The number of anilines is 1. The van der Waals surface area contributed by atoms with Gasteiger partial charge >= 0.3 is 0 Å². The standard InChI is InChI=1S/C35H44N2O3/c38-31-16-15-28-21-30(14-13-29(28)22-31)32-23-34-35(40-25-39-34)24-33(32)36-17-5-7-26-9-11-27(12-10-26)8-6-20-37-18-3-1-2-4-19-37/h9-12,15-16,22-24,30,36,38H,1-8,13-14,17-21,25H2. The lowest BCUT2D eigenvalue weighted by atomic mass is 9.79. The number of nitrogens with zero attached hydrogens (tertiary/aromatic N) is 1. The first-order chi connectivity index (χ1) is 19.7. The number of fused-ring (bicyclic) bond motifs is 2. The SMILES string of the molecule is Oc1ccc2c(c1)CCC(c1cc3c(cc1NCCCc1ccc(CCCN4CCCCCC4)cc1)OCO3)C2. The second-order valence-electron chi connectivity index (χ2n) is 11.9. The van der Waals surface area contributed by atoms with Crippen LogP contribution in [0.15, 0.2) is 54.6 Å². The number of ether oxygens (including phenoxy) is 2. The van der Waals surface area contributed by atoms with Gasteiger partial charge in [-0.2, -0.15) is 0 Å². The van der Waals surface area contributed by atoms with E-state index in [1.165, 1.54) is 86.0 Å². The molecule has 3 aromatic rings. The molecule has 0 amide bonds. The summed E-state index contributed by atoms with van der Waals surface area (Å²) in [5, 5.41) is 13.6. The third-order valence-corrected chi connectivity index (χ3v) is 9.02. The van der Waals surface area contributed by atoms with Crippen molar-refractivity contribution in [2.24, 2.45) is 0 Å². The van der Waals surface area contributed by atoms with Gasteiger partial charge in [-0.15, -0.1) is 0 Å². The normalized spacial score (nSPS) is 18.8. The number of likely N-dealkylation sites (tertiary alicyclic amines) is 1. The molecule has 0 aromatic heterocycles. The molecular weight excluding hydrogens is 496 g/mol. The Morgan fingerprint density at radius 3 is 2.30 bits per heavy atom. The third kappa shape index (κ3) is 6.75. The van der Waals surface area contributed by atoms with E-state index in [4.69, 9.17) is 9.47 Å². The van der Waals surface area contributed by atoms with Gasteiger partial charge in [-0.3, -0.25) is 0 Å². The number of rotatable bonds is 10. The monoisotopic (exact) mass is 540 g/mol. The highest BCUT2D eigenvalue weighted by Crippen LogP contribution is 2.43. The maximum Gasteiger partial charge on any atom is 0.231 e. The fourth-order valence-corrected chi connectivity index (χ4v) is 6.71. The van der Waals surface area contributed by atoms with Crippen LogP contribution in [-0.4, -0.2) is 43.0 Å². The summed E-state index contributed by atoms with van der Waals surface area (Å²) >= 11 is 0. The molecule has 2 N–H and O–H groups in total. The van der Waals surface area contributed by atoms with Gasteiger partial charge in [0.2, 0.25) is 6.79 Å². The Labute approximate surface area is 239 Å². The van der Waals surface area contributed by atoms with Crippen LogP contribution in [0.4, 0.5) is 5.69 Å². The topological polar surface area (TPSA) is 54.0 Å².